The zero-order chi connectivity index (χ0) is 22.3. The number of carbonyl (C=O) groups is 1. The standard InChI is InChI=1S/C22H20F3N3O3/c1-30-18-6-8-19(9-7-18)31-20-12-16(10-11-26-20)14-28-21(29)27-13-15-2-4-17(5-3-15)22(23,24)25/h2-12H,13-14H2,1H3,(H2,27,28,29). The molecular formula is C22H20F3N3O3. The maximum atomic E-state index is 12.6. The average Bonchev–Trinajstić information content (AvgIpc) is 2.77. The zero-order valence-electron chi connectivity index (χ0n) is 16.6. The first kappa shape index (κ1) is 21.9. The molecule has 162 valence electrons. The molecule has 0 atom stereocenters. The number of aromatic nitrogens is 1. The molecule has 0 saturated carbocycles. The minimum absolute atomic E-state index is 0.103. The molecule has 0 spiro atoms. The molecule has 0 bridgehead atoms. The highest BCUT2D eigenvalue weighted by atomic mass is 19.4. The molecule has 0 saturated heterocycles. The third-order valence-electron chi connectivity index (χ3n) is 4.27. The second-order valence-corrected chi connectivity index (χ2v) is 6.51. The summed E-state index contributed by atoms with van der Waals surface area (Å²) in [5, 5.41) is 5.28. The quantitative estimate of drug-likeness (QED) is 0.558. The highest BCUT2D eigenvalue weighted by Gasteiger charge is 2.29. The van der Waals surface area contributed by atoms with Crippen molar-refractivity contribution in [2.45, 2.75) is 19.3 Å². The number of carbonyl (C=O) groups excluding carboxylic acids is 1. The van der Waals surface area contributed by atoms with Crippen LogP contribution in [0.15, 0.2) is 66.9 Å². The van der Waals surface area contributed by atoms with Crippen molar-refractivity contribution >= 4 is 6.03 Å². The Hall–Kier alpha value is -3.75. The summed E-state index contributed by atoms with van der Waals surface area (Å²) in [5.74, 6) is 1.67. The Bertz CT molecular complexity index is 1010. The van der Waals surface area contributed by atoms with Gasteiger partial charge in [-0.25, -0.2) is 9.78 Å². The summed E-state index contributed by atoms with van der Waals surface area (Å²) < 4.78 is 48.5. The van der Waals surface area contributed by atoms with Gasteiger partial charge in [-0.3, -0.25) is 0 Å². The summed E-state index contributed by atoms with van der Waals surface area (Å²) in [6.45, 7) is 0.326. The number of urea groups is 1. The van der Waals surface area contributed by atoms with Gasteiger partial charge in [0.2, 0.25) is 5.88 Å². The van der Waals surface area contributed by atoms with E-state index >= 15 is 0 Å². The Morgan fingerprint density at radius 2 is 1.52 bits per heavy atom. The summed E-state index contributed by atoms with van der Waals surface area (Å²) in [6.07, 6.45) is -2.82. The van der Waals surface area contributed by atoms with Crippen molar-refractivity contribution in [1.29, 1.82) is 0 Å². The van der Waals surface area contributed by atoms with Crippen LogP contribution < -0.4 is 20.1 Å². The van der Waals surface area contributed by atoms with Crippen LogP contribution in [0.3, 0.4) is 0 Å². The van der Waals surface area contributed by atoms with E-state index in [0.29, 0.717) is 22.9 Å². The van der Waals surface area contributed by atoms with Crippen LogP contribution in [0.5, 0.6) is 17.4 Å². The van der Waals surface area contributed by atoms with Crippen molar-refractivity contribution in [2.24, 2.45) is 0 Å². The molecule has 6 nitrogen and oxygen atoms in total. The number of hydrogen-bond donors (Lipinski definition) is 2. The van der Waals surface area contributed by atoms with Gasteiger partial charge in [-0.2, -0.15) is 13.2 Å². The Kier molecular flexibility index (Phi) is 6.96. The van der Waals surface area contributed by atoms with Crippen LogP contribution in [-0.4, -0.2) is 18.1 Å². The van der Waals surface area contributed by atoms with E-state index in [9.17, 15) is 18.0 Å². The SMILES string of the molecule is COc1ccc(Oc2cc(CNC(=O)NCc3ccc(C(F)(F)F)cc3)ccn2)cc1. The van der Waals surface area contributed by atoms with Gasteiger partial charge in [-0.15, -0.1) is 0 Å². The van der Waals surface area contributed by atoms with Gasteiger partial charge in [0.1, 0.15) is 11.5 Å². The summed E-state index contributed by atoms with van der Waals surface area (Å²) in [4.78, 5) is 16.1. The maximum absolute atomic E-state index is 12.6. The number of halogens is 3. The second kappa shape index (κ2) is 9.84. The molecule has 1 aromatic heterocycles. The van der Waals surface area contributed by atoms with Crippen LogP contribution >= 0.6 is 0 Å². The number of hydrogen-bond acceptors (Lipinski definition) is 4. The van der Waals surface area contributed by atoms with Crippen LogP contribution in [0.4, 0.5) is 18.0 Å². The first-order valence-electron chi connectivity index (χ1n) is 9.28. The predicted octanol–water partition coefficient (Wildman–Crippen LogP) is 4.90. The molecule has 0 radical (unpaired) electrons. The normalized spacial score (nSPS) is 11.0. The van der Waals surface area contributed by atoms with Crippen molar-refractivity contribution in [1.82, 2.24) is 15.6 Å². The number of amides is 2. The first-order valence-corrected chi connectivity index (χ1v) is 9.28. The van der Waals surface area contributed by atoms with E-state index in [1.807, 2.05) is 0 Å². The lowest BCUT2D eigenvalue weighted by molar-refractivity contribution is -0.137. The number of benzene rings is 2. The number of pyridine rings is 1. The summed E-state index contributed by atoms with van der Waals surface area (Å²) in [7, 11) is 1.58. The lowest BCUT2D eigenvalue weighted by atomic mass is 10.1. The van der Waals surface area contributed by atoms with Crippen molar-refractivity contribution < 1.29 is 27.4 Å². The third-order valence-corrected chi connectivity index (χ3v) is 4.27. The molecular weight excluding hydrogens is 411 g/mol. The number of rotatable bonds is 7. The zero-order valence-corrected chi connectivity index (χ0v) is 16.6. The highest BCUT2D eigenvalue weighted by Crippen LogP contribution is 2.29. The lowest BCUT2D eigenvalue weighted by Gasteiger charge is -2.10. The molecule has 0 aliphatic carbocycles. The minimum atomic E-state index is -4.39. The Labute approximate surface area is 177 Å². The average molecular weight is 431 g/mol. The molecule has 0 aliphatic rings. The Morgan fingerprint density at radius 1 is 0.903 bits per heavy atom. The van der Waals surface area contributed by atoms with Gasteiger partial charge < -0.3 is 20.1 Å². The second-order valence-electron chi connectivity index (χ2n) is 6.51. The van der Waals surface area contributed by atoms with E-state index < -0.39 is 17.8 Å². The molecule has 31 heavy (non-hydrogen) atoms. The fourth-order valence-corrected chi connectivity index (χ4v) is 2.62. The van der Waals surface area contributed by atoms with Gasteiger partial charge in [0.25, 0.3) is 0 Å². The molecule has 0 fully saturated rings. The molecule has 2 amide bonds. The van der Waals surface area contributed by atoms with E-state index in [2.05, 4.69) is 15.6 Å². The molecule has 2 aromatic carbocycles. The molecule has 2 N–H and O–H groups in total. The smallest absolute Gasteiger partial charge is 0.416 e. The van der Waals surface area contributed by atoms with Crippen molar-refractivity contribution in [2.75, 3.05) is 7.11 Å². The highest BCUT2D eigenvalue weighted by molar-refractivity contribution is 5.73. The van der Waals surface area contributed by atoms with E-state index in [1.165, 1.54) is 12.1 Å². The number of methoxy groups -OCH3 is 1. The van der Waals surface area contributed by atoms with Crippen LogP contribution in [0.2, 0.25) is 0 Å². The van der Waals surface area contributed by atoms with Crippen LogP contribution in [0.25, 0.3) is 0 Å². The maximum Gasteiger partial charge on any atom is 0.416 e. The molecule has 0 unspecified atom stereocenters. The molecule has 3 aromatic rings. The van der Waals surface area contributed by atoms with E-state index in [4.69, 9.17) is 9.47 Å². The van der Waals surface area contributed by atoms with E-state index in [0.717, 1.165) is 17.7 Å². The van der Waals surface area contributed by atoms with Gasteiger partial charge in [-0.05, 0) is 53.6 Å². The first-order chi connectivity index (χ1) is 14.8. The van der Waals surface area contributed by atoms with Crippen molar-refractivity contribution in [3.8, 4) is 17.4 Å². The van der Waals surface area contributed by atoms with Gasteiger partial charge >= 0.3 is 12.2 Å². The Morgan fingerprint density at radius 3 is 2.13 bits per heavy atom. The van der Waals surface area contributed by atoms with Crippen molar-refractivity contribution in [3.05, 3.63) is 83.6 Å². The van der Waals surface area contributed by atoms with E-state index in [1.54, 1.807) is 49.7 Å². The number of alkyl halides is 3. The van der Waals surface area contributed by atoms with Gasteiger partial charge in [0, 0.05) is 25.4 Å². The summed E-state index contributed by atoms with van der Waals surface area (Å²) in [6, 6.07) is 14.6. The van der Waals surface area contributed by atoms with Crippen LogP contribution in [-0.2, 0) is 19.3 Å². The van der Waals surface area contributed by atoms with Gasteiger partial charge in [0.15, 0.2) is 0 Å². The number of nitrogens with zero attached hydrogens (tertiary/aromatic N) is 1. The largest absolute Gasteiger partial charge is 0.497 e. The fourth-order valence-electron chi connectivity index (χ4n) is 2.62. The lowest BCUT2D eigenvalue weighted by Crippen LogP contribution is -2.34. The summed E-state index contributed by atoms with van der Waals surface area (Å²) in [5.41, 5.74) is 0.594. The topological polar surface area (TPSA) is 72.5 Å². The van der Waals surface area contributed by atoms with Crippen LogP contribution in [0.1, 0.15) is 16.7 Å². The van der Waals surface area contributed by atoms with E-state index in [-0.39, 0.29) is 13.1 Å². The fraction of sp³-hybridized carbons (Fsp3) is 0.182. The monoisotopic (exact) mass is 431 g/mol. The van der Waals surface area contributed by atoms with Crippen molar-refractivity contribution in [3.63, 3.8) is 0 Å². The number of nitrogens with one attached hydrogen (secondary N) is 2. The van der Waals surface area contributed by atoms with Crippen LogP contribution in [0, 0.1) is 0 Å². The molecule has 0 aliphatic heterocycles. The third kappa shape index (κ3) is 6.63. The molecule has 9 heteroatoms. The summed E-state index contributed by atoms with van der Waals surface area (Å²) >= 11 is 0. The molecule has 3 rings (SSSR count). The Balaban J connectivity index is 1.48. The number of ether oxygens (including phenoxy) is 2. The molecule has 1 heterocycles. The minimum Gasteiger partial charge on any atom is -0.497 e. The van der Waals surface area contributed by atoms with Gasteiger partial charge in [-0.1, -0.05) is 12.1 Å². The van der Waals surface area contributed by atoms with Gasteiger partial charge in [0.05, 0.1) is 12.7 Å². The predicted molar refractivity (Wildman–Crippen MR) is 108 cm³/mol.